The van der Waals surface area contributed by atoms with Crippen LogP contribution >= 0.6 is 12.2 Å². The predicted molar refractivity (Wildman–Crippen MR) is 110 cm³/mol. The summed E-state index contributed by atoms with van der Waals surface area (Å²) >= 11 is 4.68. The van der Waals surface area contributed by atoms with Crippen molar-refractivity contribution in [2.24, 2.45) is 10.8 Å². The van der Waals surface area contributed by atoms with E-state index in [2.05, 4.69) is 56.8 Å². The van der Waals surface area contributed by atoms with E-state index in [1.165, 1.54) is 17.8 Å². The summed E-state index contributed by atoms with van der Waals surface area (Å²) in [5.41, 5.74) is 10.4. The lowest BCUT2D eigenvalue weighted by molar-refractivity contribution is 0.230. The number of rotatable bonds is 5. The summed E-state index contributed by atoms with van der Waals surface area (Å²) in [6, 6.07) is 16.5. The van der Waals surface area contributed by atoms with Gasteiger partial charge >= 0.3 is 0 Å². The first-order valence-electron chi connectivity index (χ1n) is 9.03. The van der Waals surface area contributed by atoms with Crippen LogP contribution in [-0.2, 0) is 6.54 Å². The lowest BCUT2D eigenvalue weighted by Crippen LogP contribution is -2.46. The minimum Gasteiger partial charge on any atom is -0.375 e. The number of halogens is 1. The molecule has 2 bridgehead atoms. The molecule has 0 unspecified atom stereocenters. The van der Waals surface area contributed by atoms with E-state index in [0.717, 1.165) is 26.1 Å². The molecule has 3 N–H and O–H groups in total. The molecule has 140 valence electrons. The number of hydrogen-bond donors (Lipinski definition) is 2. The number of anilines is 1. The third-order valence-electron chi connectivity index (χ3n) is 5.25. The van der Waals surface area contributed by atoms with Gasteiger partial charge in [-0.1, -0.05) is 36.4 Å². The highest BCUT2D eigenvalue weighted by Crippen LogP contribution is 2.36. The first kappa shape index (κ1) is 17.9. The number of thiocarbonyl (C=S) groups is 1. The van der Waals surface area contributed by atoms with Crippen LogP contribution in [0.15, 0.2) is 53.6 Å². The van der Waals surface area contributed by atoms with Crippen molar-refractivity contribution >= 4 is 29.2 Å². The highest BCUT2D eigenvalue weighted by Gasteiger charge is 2.43. The number of nitrogens with two attached hydrogens (primary N) is 1. The first-order valence-corrected chi connectivity index (χ1v) is 9.43. The number of fused-ring (bicyclic) bond motifs is 2. The molecular weight excluding hydrogens is 361 g/mol. The maximum atomic E-state index is 14.7. The molecule has 2 aromatic carbocycles. The second-order valence-corrected chi connectivity index (χ2v) is 7.50. The lowest BCUT2D eigenvalue weighted by Gasteiger charge is -2.35. The lowest BCUT2D eigenvalue weighted by atomic mass is 10.1. The Morgan fingerprint density at radius 3 is 2.70 bits per heavy atom. The zero-order chi connectivity index (χ0) is 18.8. The topological polar surface area (TPSA) is 56.9 Å². The molecule has 0 aromatic heterocycles. The summed E-state index contributed by atoms with van der Waals surface area (Å²) in [7, 11) is 0. The molecule has 2 aromatic rings. The molecule has 0 saturated carbocycles. The quantitative estimate of drug-likeness (QED) is 0.472. The maximum Gasteiger partial charge on any atom is 0.184 e. The van der Waals surface area contributed by atoms with Crippen molar-refractivity contribution in [2.45, 2.75) is 25.0 Å². The Balaban J connectivity index is 1.41. The second-order valence-electron chi connectivity index (χ2n) is 7.06. The van der Waals surface area contributed by atoms with E-state index < -0.39 is 0 Å². The van der Waals surface area contributed by atoms with Gasteiger partial charge in [0.25, 0.3) is 0 Å². The van der Waals surface area contributed by atoms with Gasteiger partial charge in [-0.15, -0.1) is 0 Å². The number of benzene rings is 2. The van der Waals surface area contributed by atoms with E-state index in [1.54, 1.807) is 0 Å². The van der Waals surface area contributed by atoms with E-state index in [4.69, 9.17) is 5.73 Å². The molecule has 2 heterocycles. The van der Waals surface area contributed by atoms with Gasteiger partial charge < -0.3 is 10.6 Å². The van der Waals surface area contributed by atoms with Gasteiger partial charge in [0.05, 0.1) is 11.9 Å². The Morgan fingerprint density at radius 1 is 1.22 bits per heavy atom. The number of hydrogen-bond acceptors (Lipinski definition) is 4. The molecule has 0 aliphatic carbocycles. The van der Waals surface area contributed by atoms with Crippen LogP contribution < -0.4 is 16.1 Å². The number of hydrazone groups is 1. The van der Waals surface area contributed by atoms with E-state index in [9.17, 15) is 4.39 Å². The maximum absolute atomic E-state index is 14.7. The number of piperazine rings is 1. The van der Waals surface area contributed by atoms with E-state index >= 15 is 0 Å². The summed E-state index contributed by atoms with van der Waals surface area (Å²) in [6.07, 6.45) is 2.59. The SMILES string of the molecule is NC(=S)NN=Cc1ccc(N2C[C@@H]3C[C@H]2CN3Cc2ccccc2)c(F)c1. The van der Waals surface area contributed by atoms with Gasteiger partial charge in [-0.2, -0.15) is 5.10 Å². The van der Waals surface area contributed by atoms with Crippen molar-refractivity contribution in [3.05, 3.63) is 65.5 Å². The molecule has 5 nitrogen and oxygen atoms in total. The number of nitrogens with zero attached hydrogens (tertiary/aromatic N) is 3. The van der Waals surface area contributed by atoms with Crippen LogP contribution in [0, 0.1) is 5.82 Å². The smallest absolute Gasteiger partial charge is 0.184 e. The summed E-state index contributed by atoms with van der Waals surface area (Å²) < 4.78 is 14.7. The molecule has 2 fully saturated rings. The molecule has 2 atom stereocenters. The van der Waals surface area contributed by atoms with E-state index in [1.807, 2.05) is 18.2 Å². The standard InChI is InChI=1S/C20H22FN5S/c21-18-8-15(10-23-24-20(22)27)6-7-19(18)26-13-16-9-17(26)12-25(16)11-14-4-2-1-3-5-14/h1-8,10,16-17H,9,11-13H2,(H3,22,24,27)/t16-,17-/m0/s1. The normalized spacial score (nSPS) is 21.9. The Hall–Kier alpha value is -2.51. The highest BCUT2D eigenvalue weighted by atomic mass is 32.1. The fourth-order valence-electron chi connectivity index (χ4n) is 4.06. The first-order chi connectivity index (χ1) is 13.1. The predicted octanol–water partition coefficient (Wildman–Crippen LogP) is 2.46. The monoisotopic (exact) mass is 383 g/mol. The average Bonchev–Trinajstić information content (AvgIpc) is 3.23. The van der Waals surface area contributed by atoms with E-state index in [0.29, 0.717) is 23.3 Å². The Kier molecular flexibility index (Phi) is 5.05. The van der Waals surface area contributed by atoms with Crippen molar-refractivity contribution < 1.29 is 4.39 Å². The minimum atomic E-state index is -0.226. The van der Waals surface area contributed by atoms with Gasteiger partial charge in [-0.25, -0.2) is 4.39 Å². The molecule has 0 radical (unpaired) electrons. The molecule has 7 heteroatoms. The van der Waals surface area contributed by atoms with Gasteiger partial charge in [-0.3, -0.25) is 10.3 Å². The van der Waals surface area contributed by atoms with Crippen LogP contribution in [-0.4, -0.2) is 41.4 Å². The second kappa shape index (κ2) is 7.62. The molecule has 2 saturated heterocycles. The third-order valence-corrected chi connectivity index (χ3v) is 5.34. The van der Waals surface area contributed by atoms with Crippen LogP contribution in [0.1, 0.15) is 17.5 Å². The Bertz CT molecular complexity index is 857. The van der Waals surface area contributed by atoms with Crippen molar-refractivity contribution in [2.75, 3.05) is 18.0 Å². The van der Waals surface area contributed by atoms with Crippen molar-refractivity contribution in [3.8, 4) is 0 Å². The van der Waals surface area contributed by atoms with Crippen LogP contribution in [0.5, 0.6) is 0 Å². The summed E-state index contributed by atoms with van der Waals surface area (Å²) in [4.78, 5) is 4.71. The van der Waals surface area contributed by atoms with Crippen LogP contribution in [0.3, 0.4) is 0 Å². The molecule has 2 aliphatic rings. The Morgan fingerprint density at radius 2 is 2.04 bits per heavy atom. The molecule has 2 aliphatic heterocycles. The zero-order valence-electron chi connectivity index (χ0n) is 14.9. The minimum absolute atomic E-state index is 0.0801. The fourth-order valence-corrected chi connectivity index (χ4v) is 4.12. The number of nitrogens with one attached hydrogen (secondary N) is 1. The largest absolute Gasteiger partial charge is 0.375 e. The van der Waals surface area contributed by atoms with Gasteiger partial charge in [0.15, 0.2) is 5.11 Å². The van der Waals surface area contributed by atoms with Crippen LogP contribution in [0.4, 0.5) is 10.1 Å². The van der Waals surface area contributed by atoms with E-state index in [-0.39, 0.29) is 10.9 Å². The fraction of sp³-hybridized carbons (Fsp3) is 0.300. The molecule has 27 heavy (non-hydrogen) atoms. The van der Waals surface area contributed by atoms with Gasteiger partial charge in [0.1, 0.15) is 5.82 Å². The highest BCUT2D eigenvalue weighted by molar-refractivity contribution is 7.80. The Labute approximate surface area is 163 Å². The van der Waals surface area contributed by atoms with Crippen LogP contribution in [0.2, 0.25) is 0 Å². The molecule has 0 spiro atoms. The van der Waals surface area contributed by atoms with Gasteiger partial charge in [0.2, 0.25) is 0 Å². The average molecular weight is 383 g/mol. The molecule has 0 amide bonds. The zero-order valence-corrected chi connectivity index (χ0v) is 15.7. The molecular formula is C20H22FN5S. The third kappa shape index (κ3) is 3.94. The van der Waals surface area contributed by atoms with Crippen molar-refractivity contribution in [1.29, 1.82) is 0 Å². The van der Waals surface area contributed by atoms with Crippen molar-refractivity contribution in [3.63, 3.8) is 0 Å². The van der Waals surface area contributed by atoms with Gasteiger partial charge in [-0.05, 0) is 41.9 Å². The summed E-state index contributed by atoms with van der Waals surface area (Å²) in [5, 5.41) is 3.95. The molecule has 4 rings (SSSR count). The van der Waals surface area contributed by atoms with Crippen LogP contribution in [0.25, 0.3) is 0 Å². The summed E-state index contributed by atoms with van der Waals surface area (Å²) in [5.74, 6) is -0.226. The number of likely N-dealkylation sites (tertiary alicyclic amines) is 1. The summed E-state index contributed by atoms with van der Waals surface area (Å²) in [6.45, 7) is 2.80. The van der Waals surface area contributed by atoms with Gasteiger partial charge in [0, 0.05) is 31.7 Å². The van der Waals surface area contributed by atoms with Crippen molar-refractivity contribution in [1.82, 2.24) is 10.3 Å².